The molecule has 0 fully saturated rings. The summed E-state index contributed by atoms with van der Waals surface area (Å²) in [5.41, 5.74) is 5.97. The maximum atomic E-state index is 10.9. The standard InChI is InChI=1S/C8H14N4OS/c1-6(5-14(2)13)12-8-10-3-7(9)4-11-8/h3-4,6H,5,9H2,1-2H3,(H,10,11,12). The van der Waals surface area contributed by atoms with Gasteiger partial charge in [0.25, 0.3) is 0 Å². The lowest BCUT2D eigenvalue weighted by Crippen LogP contribution is -2.23. The van der Waals surface area contributed by atoms with Crippen LogP contribution in [-0.4, -0.2) is 32.2 Å². The highest BCUT2D eigenvalue weighted by molar-refractivity contribution is 7.84. The van der Waals surface area contributed by atoms with Gasteiger partial charge in [0, 0.05) is 28.9 Å². The monoisotopic (exact) mass is 214 g/mol. The van der Waals surface area contributed by atoms with Gasteiger partial charge in [-0.05, 0) is 6.92 Å². The summed E-state index contributed by atoms with van der Waals surface area (Å²) < 4.78 is 10.9. The fourth-order valence-corrected chi connectivity index (χ4v) is 1.81. The molecule has 78 valence electrons. The Morgan fingerprint density at radius 3 is 2.64 bits per heavy atom. The number of aromatic nitrogens is 2. The summed E-state index contributed by atoms with van der Waals surface area (Å²) in [6.07, 6.45) is 4.73. The third kappa shape index (κ3) is 3.69. The first-order valence-corrected chi connectivity index (χ1v) is 5.94. The van der Waals surface area contributed by atoms with Crippen molar-refractivity contribution in [3.63, 3.8) is 0 Å². The molecule has 0 aliphatic rings. The second-order valence-electron chi connectivity index (χ2n) is 3.13. The molecule has 2 atom stereocenters. The molecule has 0 aromatic carbocycles. The lowest BCUT2D eigenvalue weighted by atomic mass is 10.4. The van der Waals surface area contributed by atoms with Gasteiger partial charge in [-0.1, -0.05) is 0 Å². The average molecular weight is 214 g/mol. The third-order valence-electron chi connectivity index (χ3n) is 1.53. The fourth-order valence-electron chi connectivity index (χ4n) is 1.03. The molecule has 0 amide bonds. The Hall–Kier alpha value is -1.17. The van der Waals surface area contributed by atoms with Crippen LogP contribution in [0.15, 0.2) is 12.4 Å². The summed E-state index contributed by atoms with van der Waals surface area (Å²) in [5.74, 6) is 1.09. The molecule has 1 aromatic rings. The topological polar surface area (TPSA) is 80.9 Å². The Morgan fingerprint density at radius 1 is 1.57 bits per heavy atom. The van der Waals surface area contributed by atoms with Crippen molar-refractivity contribution in [1.29, 1.82) is 0 Å². The molecule has 0 saturated carbocycles. The zero-order valence-corrected chi connectivity index (χ0v) is 9.04. The van der Waals surface area contributed by atoms with Crippen LogP contribution in [0.2, 0.25) is 0 Å². The van der Waals surface area contributed by atoms with Crippen LogP contribution in [0.1, 0.15) is 6.92 Å². The zero-order chi connectivity index (χ0) is 10.6. The van der Waals surface area contributed by atoms with Crippen LogP contribution >= 0.6 is 0 Å². The summed E-state index contributed by atoms with van der Waals surface area (Å²) in [7, 11) is -0.816. The maximum absolute atomic E-state index is 10.9. The molecule has 0 spiro atoms. The van der Waals surface area contributed by atoms with Crippen molar-refractivity contribution in [2.45, 2.75) is 13.0 Å². The molecule has 3 N–H and O–H groups in total. The van der Waals surface area contributed by atoms with Crippen molar-refractivity contribution in [3.05, 3.63) is 12.4 Å². The molecule has 6 heteroatoms. The summed E-state index contributed by atoms with van der Waals surface area (Å²) in [5, 5.41) is 3.03. The smallest absolute Gasteiger partial charge is 0.222 e. The van der Waals surface area contributed by atoms with E-state index in [1.807, 2.05) is 6.92 Å². The molecule has 0 saturated heterocycles. The number of rotatable bonds is 4. The molecule has 0 bridgehead atoms. The van der Waals surface area contributed by atoms with Crippen molar-refractivity contribution in [2.24, 2.45) is 0 Å². The number of nitrogens with zero attached hydrogens (tertiary/aromatic N) is 2. The van der Waals surface area contributed by atoms with Gasteiger partial charge in [0.2, 0.25) is 5.95 Å². The SMILES string of the molecule is CC(CS(C)=O)Nc1ncc(N)cn1. The quantitative estimate of drug-likeness (QED) is 0.750. The van der Waals surface area contributed by atoms with Gasteiger partial charge >= 0.3 is 0 Å². The Balaban J connectivity index is 2.51. The van der Waals surface area contributed by atoms with Gasteiger partial charge in [-0.15, -0.1) is 0 Å². The van der Waals surface area contributed by atoms with Gasteiger partial charge in [0.05, 0.1) is 18.1 Å². The third-order valence-corrected chi connectivity index (χ3v) is 2.50. The highest BCUT2D eigenvalue weighted by Crippen LogP contribution is 2.02. The minimum atomic E-state index is -0.816. The molecule has 14 heavy (non-hydrogen) atoms. The average Bonchev–Trinajstić information content (AvgIpc) is 2.07. The molecule has 0 aliphatic carbocycles. The number of nitrogen functional groups attached to an aromatic ring is 1. The molecule has 1 aromatic heterocycles. The molecule has 1 rings (SSSR count). The number of hydrogen-bond acceptors (Lipinski definition) is 5. The molecule has 2 unspecified atom stereocenters. The summed E-state index contributed by atoms with van der Waals surface area (Å²) >= 11 is 0. The van der Waals surface area contributed by atoms with E-state index < -0.39 is 10.8 Å². The lowest BCUT2D eigenvalue weighted by molar-refractivity contribution is 0.682. The summed E-state index contributed by atoms with van der Waals surface area (Å²) in [6, 6.07) is 0.0875. The van der Waals surface area contributed by atoms with Crippen LogP contribution < -0.4 is 11.1 Å². The number of nitrogens with one attached hydrogen (secondary N) is 1. The first kappa shape index (κ1) is 10.9. The van der Waals surface area contributed by atoms with E-state index in [9.17, 15) is 4.21 Å². The normalized spacial score (nSPS) is 14.7. The molecular formula is C8H14N4OS. The summed E-state index contributed by atoms with van der Waals surface area (Å²) in [4.78, 5) is 7.96. The van der Waals surface area contributed by atoms with Crippen LogP contribution in [-0.2, 0) is 10.8 Å². The van der Waals surface area contributed by atoms with Crippen LogP contribution in [0.25, 0.3) is 0 Å². The molecule has 5 nitrogen and oxygen atoms in total. The van der Waals surface area contributed by atoms with E-state index in [-0.39, 0.29) is 6.04 Å². The van der Waals surface area contributed by atoms with E-state index in [0.717, 1.165) is 0 Å². The van der Waals surface area contributed by atoms with Crippen LogP contribution in [0.4, 0.5) is 11.6 Å². The van der Waals surface area contributed by atoms with Crippen molar-refractivity contribution in [1.82, 2.24) is 9.97 Å². The van der Waals surface area contributed by atoms with Crippen LogP contribution in [0.5, 0.6) is 0 Å². The molecule has 0 aliphatic heterocycles. The van der Waals surface area contributed by atoms with Crippen molar-refractivity contribution in [2.75, 3.05) is 23.1 Å². The molecule has 1 heterocycles. The maximum Gasteiger partial charge on any atom is 0.222 e. The van der Waals surface area contributed by atoms with Crippen molar-refractivity contribution < 1.29 is 4.21 Å². The predicted molar refractivity (Wildman–Crippen MR) is 58.5 cm³/mol. The van der Waals surface area contributed by atoms with Gasteiger partial charge in [-0.3, -0.25) is 4.21 Å². The Kier molecular flexibility index (Phi) is 3.82. The van der Waals surface area contributed by atoms with Gasteiger partial charge in [0.1, 0.15) is 0 Å². The highest BCUT2D eigenvalue weighted by atomic mass is 32.2. The fraction of sp³-hybridized carbons (Fsp3) is 0.500. The second-order valence-corrected chi connectivity index (χ2v) is 4.60. The summed E-state index contributed by atoms with van der Waals surface area (Å²) in [6.45, 7) is 1.93. The Labute approximate surface area is 85.6 Å². The minimum Gasteiger partial charge on any atom is -0.396 e. The minimum absolute atomic E-state index is 0.0875. The predicted octanol–water partition coefficient (Wildman–Crippen LogP) is 0.238. The number of hydrogen-bond donors (Lipinski definition) is 2. The van der Waals surface area contributed by atoms with Gasteiger partial charge in [0.15, 0.2) is 0 Å². The van der Waals surface area contributed by atoms with Gasteiger partial charge < -0.3 is 11.1 Å². The van der Waals surface area contributed by atoms with Crippen molar-refractivity contribution in [3.8, 4) is 0 Å². The zero-order valence-electron chi connectivity index (χ0n) is 8.23. The first-order valence-electron chi connectivity index (χ1n) is 4.22. The lowest BCUT2D eigenvalue weighted by Gasteiger charge is -2.11. The molecule has 0 radical (unpaired) electrons. The second kappa shape index (κ2) is 4.90. The first-order chi connectivity index (χ1) is 6.58. The van der Waals surface area contributed by atoms with Gasteiger partial charge in [-0.2, -0.15) is 0 Å². The van der Waals surface area contributed by atoms with E-state index in [0.29, 0.717) is 17.4 Å². The van der Waals surface area contributed by atoms with Crippen LogP contribution in [0.3, 0.4) is 0 Å². The van der Waals surface area contributed by atoms with E-state index in [1.54, 1.807) is 6.26 Å². The van der Waals surface area contributed by atoms with E-state index in [4.69, 9.17) is 5.73 Å². The van der Waals surface area contributed by atoms with E-state index in [2.05, 4.69) is 15.3 Å². The Morgan fingerprint density at radius 2 is 2.14 bits per heavy atom. The number of anilines is 2. The van der Waals surface area contributed by atoms with Crippen molar-refractivity contribution >= 4 is 22.4 Å². The largest absolute Gasteiger partial charge is 0.396 e. The Bertz CT molecular complexity index is 314. The highest BCUT2D eigenvalue weighted by Gasteiger charge is 2.05. The van der Waals surface area contributed by atoms with Crippen LogP contribution in [0, 0.1) is 0 Å². The number of nitrogens with two attached hydrogens (primary N) is 1. The van der Waals surface area contributed by atoms with E-state index >= 15 is 0 Å². The molecular weight excluding hydrogens is 200 g/mol. The van der Waals surface area contributed by atoms with E-state index in [1.165, 1.54) is 12.4 Å². The van der Waals surface area contributed by atoms with Gasteiger partial charge in [-0.25, -0.2) is 9.97 Å².